The minimum Gasteiger partial charge on any atom is -0.490 e. The van der Waals surface area contributed by atoms with Gasteiger partial charge in [0.25, 0.3) is 0 Å². The molecule has 8 heteroatoms. The highest BCUT2D eigenvalue weighted by molar-refractivity contribution is 7.89. The van der Waals surface area contributed by atoms with E-state index in [-0.39, 0.29) is 17.5 Å². The largest absolute Gasteiger partial charge is 0.490 e. The van der Waals surface area contributed by atoms with E-state index in [9.17, 15) is 13.2 Å². The molecule has 0 saturated carbocycles. The third kappa shape index (κ3) is 4.02. The second-order valence-electron chi connectivity index (χ2n) is 7.28. The zero-order valence-corrected chi connectivity index (χ0v) is 17.7. The number of esters is 1. The number of benzene rings is 2. The van der Waals surface area contributed by atoms with Crippen molar-refractivity contribution in [1.82, 2.24) is 4.31 Å². The lowest BCUT2D eigenvalue weighted by Crippen LogP contribution is -2.30. The van der Waals surface area contributed by atoms with Crippen LogP contribution in [0.4, 0.5) is 0 Å². The van der Waals surface area contributed by atoms with Crippen LogP contribution in [0.3, 0.4) is 0 Å². The molecular weight excluding hydrogens is 406 g/mol. The van der Waals surface area contributed by atoms with Crippen LogP contribution in [0.1, 0.15) is 48.1 Å². The van der Waals surface area contributed by atoms with E-state index in [0.717, 1.165) is 24.8 Å². The number of rotatable bonds is 5. The molecule has 1 atom stereocenters. The number of ether oxygens (including phenoxy) is 3. The first-order valence-corrected chi connectivity index (χ1v) is 11.6. The van der Waals surface area contributed by atoms with Gasteiger partial charge in [0.1, 0.15) is 0 Å². The monoisotopic (exact) mass is 431 g/mol. The smallest absolute Gasteiger partial charge is 0.338 e. The van der Waals surface area contributed by atoms with Crippen LogP contribution < -0.4 is 9.47 Å². The number of sulfonamides is 1. The summed E-state index contributed by atoms with van der Waals surface area (Å²) in [5.74, 6) is 0.888. The Kier molecular flexibility index (Phi) is 5.97. The lowest BCUT2D eigenvalue weighted by Gasteiger charge is -2.25. The normalized spacial score (nSPS) is 19.3. The van der Waals surface area contributed by atoms with Crippen molar-refractivity contribution in [3.05, 3.63) is 53.6 Å². The van der Waals surface area contributed by atoms with Crippen LogP contribution in [-0.2, 0) is 14.8 Å². The van der Waals surface area contributed by atoms with E-state index < -0.39 is 16.0 Å². The fourth-order valence-corrected chi connectivity index (χ4v) is 5.54. The van der Waals surface area contributed by atoms with Crippen molar-refractivity contribution in [3.63, 3.8) is 0 Å². The highest BCUT2D eigenvalue weighted by Crippen LogP contribution is 2.40. The zero-order valence-electron chi connectivity index (χ0n) is 16.9. The van der Waals surface area contributed by atoms with Gasteiger partial charge >= 0.3 is 5.97 Å². The molecule has 0 spiro atoms. The Hall–Kier alpha value is -2.58. The van der Waals surface area contributed by atoms with Gasteiger partial charge < -0.3 is 14.2 Å². The molecule has 2 aromatic carbocycles. The Balaban J connectivity index is 1.59. The summed E-state index contributed by atoms with van der Waals surface area (Å²) in [5, 5.41) is 0. The third-order valence-electron chi connectivity index (χ3n) is 5.33. The SMILES string of the molecule is CCOC(=O)c1ccc(S(=O)(=O)N2CCC[C@H]2c2ccc3c(c2)OCCCO3)cc1. The van der Waals surface area contributed by atoms with Gasteiger partial charge in [0, 0.05) is 13.0 Å². The summed E-state index contributed by atoms with van der Waals surface area (Å²) in [5.41, 5.74) is 1.22. The molecule has 160 valence electrons. The van der Waals surface area contributed by atoms with E-state index in [1.165, 1.54) is 28.6 Å². The molecular formula is C22H25NO6S. The lowest BCUT2D eigenvalue weighted by molar-refractivity contribution is 0.0526. The number of carbonyl (C=O) groups is 1. The minimum absolute atomic E-state index is 0.164. The van der Waals surface area contributed by atoms with Gasteiger partial charge in [-0.05, 0) is 61.7 Å². The molecule has 0 radical (unpaired) electrons. The number of hydrogen-bond acceptors (Lipinski definition) is 6. The standard InChI is InChI=1S/C22H25NO6S/c1-2-27-22(24)16-6-9-18(10-7-16)30(25,26)23-12-3-5-19(23)17-8-11-20-21(15-17)29-14-4-13-28-20/h6-11,15,19H,2-5,12-14H2,1H3/t19-/m0/s1. The molecule has 2 aliphatic heterocycles. The topological polar surface area (TPSA) is 82.1 Å². The molecule has 0 unspecified atom stereocenters. The quantitative estimate of drug-likeness (QED) is 0.674. The van der Waals surface area contributed by atoms with Crippen LogP contribution in [0.2, 0.25) is 0 Å². The Morgan fingerprint density at radius 2 is 1.80 bits per heavy atom. The van der Waals surface area contributed by atoms with E-state index in [4.69, 9.17) is 14.2 Å². The Bertz CT molecular complexity index is 1020. The van der Waals surface area contributed by atoms with Gasteiger partial charge in [-0.15, -0.1) is 0 Å². The lowest BCUT2D eigenvalue weighted by atomic mass is 10.0. The first-order chi connectivity index (χ1) is 14.5. The summed E-state index contributed by atoms with van der Waals surface area (Å²) in [6.07, 6.45) is 2.33. The second kappa shape index (κ2) is 8.65. The van der Waals surface area contributed by atoms with Gasteiger partial charge in [-0.3, -0.25) is 0 Å². The number of nitrogens with zero attached hydrogens (tertiary/aromatic N) is 1. The maximum absolute atomic E-state index is 13.3. The molecule has 30 heavy (non-hydrogen) atoms. The van der Waals surface area contributed by atoms with Gasteiger partial charge in [0.2, 0.25) is 10.0 Å². The van der Waals surface area contributed by atoms with Gasteiger partial charge in [-0.2, -0.15) is 4.31 Å². The average molecular weight is 432 g/mol. The van der Waals surface area contributed by atoms with Crippen molar-refractivity contribution in [2.45, 2.75) is 37.1 Å². The van der Waals surface area contributed by atoms with E-state index in [1.807, 2.05) is 18.2 Å². The Morgan fingerprint density at radius 1 is 1.07 bits per heavy atom. The number of carbonyl (C=O) groups excluding carboxylic acids is 1. The van der Waals surface area contributed by atoms with Crippen molar-refractivity contribution in [1.29, 1.82) is 0 Å². The van der Waals surface area contributed by atoms with Crippen molar-refractivity contribution < 1.29 is 27.4 Å². The summed E-state index contributed by atoms with van der Waals surface area (Å²) in [4.78, 5) is 12.0. The molecule has 1 saturated heterocycles. The van der Waals surface area contributed by atoms with Crippen LogP contribution in [0.5, 0.6) is 11.5 Å². The third-order valence-corrected chi connectivity index (χ3v) is 7.25. The maximum Gasteiger partial charge on any atom is 0.338 e. The summed E-state index contributed by atoms with van der Waals surface area (Å²) in [7, 11) is -3.71. The number of hydrogen-bond donors (Lipinski definition) is 0. The van der Waals surface area contributed by atoms with Gasteiger partial charge in [-0.25, -0.2) is 13.2 Å². The van der Waals surface area contributed by atoms with Crippen molar-refractivity contribution in [2.24, 2.45) is 0 Å². The Morgan fingerprint density at radius 3 is 2.53 bits per heavy atom. The van der Waals surface area contributed by atoms with E-state index in [2.05, 4.69) is 0 Å². The molecule has 2 aliphatic rings. The molecule has 0 N–H and O–H groups in total. The van der Waals surface area contributed by atoms with Crippen LogP contribution in [0.25, 0.3) is 0 Å². The molecule has 0 bridgehead atoms. The van der Waals surface area contributed by atoms with Crippen molar-refractivity contribution in [3.8, 4) is 11.5 Å². The second-order valence-corrected chi connectivity index (χ2v) is 9.17. The van der Waals surface area contributed by atoms with Gasteiger partial charge in [0.15, 0.2) is 11.5 Å². The molecule has 0 amide bonds. The molecule has 0 aliphatic carbocycles. The first-order valence-electron chi connectivity index (χ1n) is 10.2. The van der Waals surface area contributed by atoms with Gasteiger partial charge in [-0.1, -0.05) is 6.07 Å². The molecule has 7 nitrogen and oxygen atoms in total. The van der Waals surface area contributed by atoms with Crippen LogP contribution in [-0.4, -0.2) is 45.1 Å². The zero-order chi connectivity index (χ0) is 21.1. The maximum atomic E-state index is 13.3. The summed E-state index contributed by atoms with van der Waals surface area (Å²) in [6, 6.07) is 11.3. The first kappa shape index (κ1) is 20.7. The van der Waals surface area contributed by atoms with Crippen LogP contribution in [0, 0.1) is 0 Å². The molecule has 4 rings (SSSR count). The van der Waals surface area contributed by atoms with E-state index in [1.54, 1.807) is 6.92 Å². The molecule has 2 aromatic rings. The van der Waals surface area contributed by atoms with Crippen molar-refractivity contribution >= 4 is 16.0 Å². The Labute approximate surface area is 176 Å². The summed E-state index contributed by atoms with van der Waals surface area (Å²) >= 11 is 0. The number of fused-ring (bicyclic) bond motifs is 1. The van der Waals surface area contributed by atoms with Crippen molar-refractivity contribution in [2.75, 3.05) is 26.4 Å². The predicted octanol–water partition coefficient (Wildman–Crippen LogP) is 3.55. The van der Waals surface area contributed by atoms with Crippen LogP contribution in [0.15, 0.2) is 47.4 Å². The molecule has 2 heterocycles. The summed E-state index contributed by atoms with van der Waals surface area (Å²) < 4.78 is 44.6. The van der Waals surface area contributed by atoms with Gasteiger partial charge in [0.05, 0.1) is 36.3 Å². The van der Waals surface area contributed by atoms with E-state index in [0.29, 0.717) is 36.8 Å². The highest BCUT2D eigenvalue weighted by atomic mass is 32.2. The molecule has 1 fully saturated rings. The fraction of sp³-hybridized carbons (Fsp3) is 0.409. The highest BCUT2D eigenvalue weighted by Gasteiger charge is 2.36. The molecule has 0 aromatic heterocycles. The minimum atomic E-state index is -3.71. The summed E-state index contributed by atoms with van der Waals surface area (Å²) in [6.45, 7) is 3.63. The average Bonchev–Trinajstić information content (AvgIpc) is 3.14. The van der Waals surface area contributed by atoms with E-state index >= 15 is 0 Å². The van der Waals surface area contributed by atoms with Crippen LogP contribution >= 0.6 is 0 Å². The fourth-order valence-electron chi connectivity index (χ4n) is 3.86. The predicted molar refractivity (Wildman–Crippen MR) is 110 cm³/mol.